The normalized spacial score (nSPS) is 21.5. The monoisotopic (exact) mass is 253 g/mol. The van der Waals surface area contributed by atoms with E-state index in [9.17, 15) is 13.2 Å². The van der Waals surface area contributed by atoms with Crippen LogP contribution in [0.15, 0.2) is 29.2 Å². The van der Waals surface area contributed by atoms with Crippen molar-refractivity contribution in [2.45, 2.75) is 17.2 Å². The minimum atomic E-state index is -3.16. The van der Waals surface area contributed by atoms with Crippen molar-refractivity contribution in [3.63, 3.8) is 0 Å². The number of rotatable bonds is 2. The second kappa shape index (κ2) is 4.58. The summed E-state index contributed by atoms with van der Waals surface area (Å²) < 4.78 is 22.6. The number of nitrogens with one attached hydrogen (secondary N) is 1. The molecule has 0 bridgehead atoms. The molecule has 0 amide bonds. The Morgan fingerprint density at radius 2 is 1.88 bits per heavy atom. The fraction of sp³-hybridized carbons (Fsp3) is 0.417. The van der Waals surface area contributed by atoms with E-state index in [1.54, 1.807) is 24.3 Å². The molecule has 1 unspecified atom stereocenters. The van der Waals surface area contributed by atoms with Crippen LogP contribution in [0.25, 0.3) is 0 Å². The van der Waals surface area contributed by atoms with Crippen LogP contribution in [-0.2, 0) is 14.6 Å². The minimum absolute atomic E-state index is 0.141. The molecule has 1 aliphatic heterocycles. The van der Waals surface area contributed by atoms with Gasteiger partial charge in [0.1, 0.15) is 5.78 Å². The zero-order chi connectivity index (χ0) is 12.5. The van der Waals surface area contributed by atoms with E-state index in [-0.39, 0.29) is 16.6 Å². The average Bonchev–Trinajstić information content (AvgIpc) is 2.29. The third kappa shape index (κ3) is 2.73. The van der Waals surface area contributed by atoms with Crippen molar-refractivity contribution in [3.8, 4) is 0 Å². The molecule has 1 aromatic rings. The van der Waals surface area contributed by atoms with E-state index >= 15 is 0 Å². The van der Waals surface area contributed by atoms with Crippen LogP contribution in [0.3, 0.4) is 0 Å². The first-order valence-corrected chi connectivity index (χ1v) is 7.41. The van der Waals surface area contributed by atoms with Crippen molar-refractivity contribution in [2.75, 3.05) is 19.3 Å². The fourth-order valence-corrected chi connectivity index (χ4v) is 2.63. The number of Topliss-reactive ketones (excluding diaryl/α,β-unsaturated/α-hetero) is 1. The molecule has 17 heavy (non-hydrogen) atoms. The smallest absolute Gasteiger partial charge is 0.175 e. The number of benzene rings is 1. The number of piperidine rings is 1. The number of carbonyl (C=O) groups is 1. The number of sulfone groups is 1. The number of hydrogen-bond acceptors (Lipinski definition) is 4. The van der Waals surface area contributed by atoms with Gasteiger partial charge in [0.15, 0.2) is 9.84 Å². The molecule has 0 aromatic heterocycles. The molecule has 92 valence electrons. The Bertz CT molecular complexity index is 519. The van der Waals surface area contributed by atoms with Crippen molar-refractivity contribution < 1.29 is 13.2 Å². The van der Waals surface area contributed by atoms with Gasteiger partial charge in [-0.05, 0) is 17.7 Å². The summed E-state index contributed by atoms with van der Waals surface area (Å²) in [4.78, 5) is 12.0. The summed E-state index contributed by atoms with van der Waals surface area (Å²) in [6.45, 7) is 1.37. The third-order valence-corrected chi connectivity index (χ3v) is 4.12. The second-order valence-electron chi connectivity index (χ2n) is 4.31. The van der Waals surface area contributed by atoms with Gasteiger partial charge in [-0.25, -0.2) is 8.42 Å². The minimum Gasteiger partial charge on any atom is -0.315 e. The highest BCUT2D eigenvalue weighted by atomic mass is 32.2. The average molecular weight is 253 g/mol. The molecule has 2 rings (SSSR count). The molecule has 1 aromatic carbocycles. The van der Waals surface area contributed by atoms with Crippen molar-refractivity contribution in [2.24, 2.45) is 0 Å². The predicted octanol–water partition coefficient (Wildman–Crippen LogP) is 0.736. The van der Waals surface area contributed by atoms with Crippen LogP contribution >= 0.6 is 0 Å². The van der Waals surface area contributed by atoms with Gasteiger partial charge in [-0.2, -0.15) is 0 Å². The number of carbonyl (C=O) groups excluding carboxylic acids is 1. The molecule has 4 nitrogen and oxygen atoms in total. The fourth-order valence-electron chi connectivity index (χ4n) is 2.00. The molecule has 0 saturated carbocycles. The van der Waals surface area contributed by atoms with Gasteiger partial charge in [0.2, 0.25) is 0 Å². The maximum atomic E-state index is 11.7. The Morgan fingerprint density at radius 1 is 1.24 bits per heavy atom. The Labute approximate surface area is 101 Å². The van der Waals surface area contributed by atoms with Crippen LogP contribution in [0.1, 0.15) is 17.9 Å². The van der Waals surface area contributed by atoms with Crippen molar-refractivity contribution >= 4 is 15.6 Å². The van der Waals surface area contributed by atoms with Gasteiger partial charge in [-0.1, -0.05) is 12.1 Å². The zero-order valence-corrected chi connectivity index (χ0v) is 10.5. The molecular formula is C12H15NO3S. The summed E-state index contributed by atoms with van der Waals surface area (Å²) in [5, 5.41) is 3.17. The molecule has 1 aliphatic rings. The van der Waals surface area contributed by atoms with E-state index < -0.39 is 9.84 Å². The maximum absolute atomic E-state index is 11.7. The molecule has 1 N–H and O–H groups in total. The summed E-state index contributed by atoms with van der Waals surface area (Å²) in [5.41, 5.74) is 0.884. The van der Waals surface area contributed by atoms with Gasteiger partial charge >= 0.3 is 0 Å². The molecule has 0 aliphatic carbocycles. The highest BCUT2D eigenvalue weighted by Gasteiger charge is 2.23. The number of hydrogen-bond donors (Lipinski definition) is 1. The summed E-state index contributed by atoms with van der Waals surface area (Å²) in [5.74, 6) is 0.0771. The summed E-state index contributed by atoms with van der Waals surface area (Å²) in [6, 6.07) is 6.58. The summed E-state index contributed by atoms with van der Waals surface area (Å²) in [6.07, 6.45) is 1.72. The van der Waals surface area contributed by atoms with Crippen LogP contribution in [-0.4, -0.2) is 33.5 Å². The van der Waals surface area contributed by atoms with E-state index in [4.69, 9.17) is 0 Å². The molecule has 0 spiro atoms. The second-order valence-corrected chi connectivity index (χ2v) is 6.33. The largest absolute Gasteiger partial charge is 0.315 e. The van der Waals surface area contributed by atoms with E-state index in [1.807, 2.05) is 0 Å². The lowest BCUT2D eigenvalue weighted by Crippen LogP contribution is -2.35. The van der Waals surface area contributed by atoms with Gasteiger partial charge in [0.25, 0.3) is 0 Å². The van der Waals surface area contributed by atoms with Gasteiger partial charge in [0.05, 0.1) is 10.8 Å². The molecular weight excluding hydrogens is 238 g/mol. The zero-order valence-electron chi connectivity index (χ0n) is 9.64. The molecule has 1 heterocycles. The first kappa shape index (κ1) is 12.3. The highest BCUT2D eigenvalue weighted by molar-refractivity contribution is 7.90. The number of ketones is 1. The first-order valence-electron chi connectivity index (χ1n) is 5.52. The first-order chi connectivity index (χ1) is 7.98. The van der Waals surface area contributed by atoms with E-state index in [0.29, 0.717) is 13.0 Å². The van der Waals surface area contributed by atoms with Crippen LogP contribution < -0.4 is 5.32 Å². The maximum Gasteiger partial charge on any atom is 0.175 e. The molecule has 5 heteroatoms. The molecule has 1 saturated heterocycles. The van der Waals surface area contributed by atoms with Gasteiger partial charge in [-0.15, -0.1) is 0 Å². The molecule has 1 atom stereocenters. The van der Waals surface area contributed by atoms with Crippen molar-refractivity contribution in [3.05, 3.63) is 29.8 Å². The molecule has 1 fully saturated rings. The van der Waals surface area contributed by atoms with Crippen molar-refractivity contribution in [1.29, 1.82) is 0 Å². The quantitative estimate of drug-likeness (QED) is 0.844. The lowest BCUT2D eigenvalue weighted by atomic mass is 9.90. The van der Waals surface area contributed by atoms with Crippen molar-refractivity contribution in [1.82, 2.24) is 5.32 Å². The lowest BCUT2D eigenvalue weighted by Gasteiger charge is -2.21. The Hall–Kier alpha value is -1.20. The van der Waals surface area contributed by atoms with Gasteiger partial charge < -0.3 is 5.32 Å². The third-order valence-electron chi connectivity index (χ3n) is 3.00. The van der Waals surface area contributed by atoms with Crippen LogP contribution in [0.2, 0.25) is 0 Å². The standard InChI is InChI=1S/C12H15NO3S/c1-17(15,16)10-4-2-9(3-5-10)11-8-13-7-6-12(11)14/h2-5,11,13H,6-8H2,1H3. The Morgan fingerprint density at radius 3 is 2.41 bits per heavy atom. The summed E-state index contributed by atoms with van der Waals surface area (Å²) in [7, 11) is -3.16. The Kier molecular flexibility index (Phi) is 3.31. The molecule has 0 radical (unpaired) electrons. The highest BCUT2D eigenvalue weighted by Crippen LogP contribution is 2.21. The van der Waals surface area contributed by atoms with Gasteiger partial charge in [0, 0.05) is 25.8 Å². The van der Waals surface area contributed by atoms with E-state index in [0.717, 1.165) is 12.1 Å². The SMILES string of the molecule is CS(=O)(=O)c1ccc(C2CNCCC2=O)cc1. The van der Waals surface area contributed by atoms with Crippen LogP contribution in [0.5, 0.6) is 0 Å². The van der Waals surface area contributed by atoms with Crippen LogP contribution in [0.4, 0.5) is 0 Å². The van der Waals surface area contributed by atoms with Crippen LogP contribution in [0, 0.1) is 0 Å². The Balaban J connectivity index is 2.26. The predicted molar refractivity (Wildman–Crippen MR) is 64.8 cm³/mol. The topological polar surface area (TPSA) is 63.2 Å². The summed E-state index contributed by atoms with van der Waals surface area (Å²) >= 11 is 0. The van der Waals surface area contributed by atoms with E-state index in [2.05, 4.69) is 5.32 Å². The van der Waals surface area contributed by atoms with Gasteiger partial charge in [-0.3, -0.25) is 4.79 Å². The van der Waals surface area contributed by atoms with E-state index in [1.165, 1.54) is 6.26 Å². The lowest BCUT2D eigenvalue weighted by molar-refractivity contribution is -0.121.